The van der Waals surface area contributed by atoms with E-state index in [0.717, 1.165) is 17.8 Å². The van der Waals surface area contributed by atoms with Crippen molar-refractivity contribution >= 4 is 0 Å². The van der Waals surface area contributed by atoms with Gasteiger partial charge in [-0.05, 0) is 19.3 Å². The fourth-order valence-electron chi connectivity index (χ4n) is 2.71. The van der Waals surface area contributed by atoms with E-state index < -0.39 is 35.6 Å². The number of hydrogen-bond acceptors (Lipinski definition) is 4. The lowest BCUT2D eigenvalue weighted by molar-refractivity contribution is -0.141. The summed E-state index contributed by atoms with van der Waals surface area (Å²) in [5.41, 5.74) is -1.18. The lowest BCUT2D eigenvalue weighted by atomic mass is 9.96. The van der Waals surface area contributed by atoms with Crippen molar-refractivity contribution in [2.24, 2.45) is 0 Å². The fraction of sp³-hybridized carbons (Fsp3) is 0.400. The second kappa shape index (κ2) is 5.86. The number of aromatic amines is 1. The summed E-state index contributed by atoms with van der Waals surface area (Å²) in [7, 11) is 0. The number of rotatable bonds is 3. The van der Waals surface area contributed by atoms with Crippen molar-refractivity contribution < 1.29 is 18.6 Å². The molecule has 1 aliphatic heterocycles. The first-order chi connectivity index (χ1) is 10.9. The van der Waals surface area contributed by atoms with Crippen LogP contribution in [0.15, 0.2) is 45.7 Å². The van der Waals surface area contributed by atoms with E-state index in [9.17, 15) is 23.5 Å². The molecule has 8 heteroatoms. The summed E-state index contributed by atoms with van der Waals surface area (Å²) < 4.78 is 34.1. The molecule has 123 valence electrons. The van der Waals surface area contributed by atoms with Crippen molar-refractivity contribution in [3.05, 3.63) is 63.3 Å². The van der Waals surface area contributed by atoms with E-state index in [1.807, 2.05) is 12.5 Å². The Labute approximate surface area is 129 Å². The molecule has 1 radical (unpaired) electrons. The fourth-order valence-corrected chi connectivity index (χ4v) is 2.71. The Morgan fingerprint density at radius 3 is 2.87 bits per heavy atom. The Kier molecular flexibility index (Phi) is 4.03. The highest BCUT2D eigenvalue weighted by molar-refractivity contribution is 5.27. The van der Waals surface area contributed by atoms with Crippen LogP contribution in [0.2, 0.25) is 0 Å². The molecular weight excluding hydrogens is 310 g/mol. The molecule has 6 nitrogen and oxygen atoms in total. The van der Waals surface area contributed by atoms with E-state index in [4.69, 9.17) is 4.74 Å². The lowest BCUT2D eigenvalue weighted by Crippen LogP contribution is -2.45. The van der Waals surface area contributed by atoms with Crippen LogP contribution in [0.3, 0.4) is 0 Å². The van der Waals surface area contributed by atoms with Gasteiger partial charge in [-0.2, -0.15) is 8.78 Å². The standard InChI is InChI=1S/C15H15F2N2O4/c16-15(17)12(21)10(8-9-4-2-1-3-5-9)23-13(15)19-11(20)6-7-18-14(19)22/h1-2,4-7,10,12-13,21H,3,8H2,(H,18,22)/t10-,12-,13-/m1/s1. The molecule has 1 saturated heterocycles. The topological polar surface area (TPSA) is 84.3 Å². The van der Waals surface area contributed by atoms with Crippen LogP contribution >= 0.6 is 0 Å². The summed E-state index contributed by atoms with van der Waals surface area (Å²) in [4.78, 5) is 25.6. The zero-order valence-electron chi connectivity index (χ0n) is 12.0. The maximum atomic E-state index is 14.3. The third-order valence-corrected chi connectivity index (χ3v) is 3.90. The van der Waals surface area contributed by atoms with Gasteiger partial charge in [-0.15, -0.1) is 0 Å². The number of ether oxygens (including phenoxy) is 1. The molecule has 2 N–H and O–H groups in total. The lowest BCUT2D eigenvalue weighted by Gasteiger charge is -2.20. The van der Waals surface area contributed by atoms with E-state index in [-0.39, 0.29) is 6.42 Å². The molecule has 0 saturated carbocycles. The quantitative estimate of drug-likeness (QED) is 0.865. The molecule has 0 spiro atoms. The number of aromatic nitrogens is 2. The SMILES string of the molecule is O=c1cc[nH]c(=O)n1[C@@H]1O[C@H](CC2=CC=CC[CH]2)[C@@H](O)C1(F)F. The van der Waals surface area contributed by atoms with Crippen molar-refractivity contribution in [1.82, 2.24) is 9.55 Å². The number of halogens is 2. The maximum Gasteiger partial charge on any atom is 0.330 e. The van der Waals surface area contributed by atoms with Crippen molar-refractivity contribution in [3.63, 3.8) is 0 Å². The van der Waals surface area contributed by atoms with Crippen molar-refractivity contribution in [2.75, 3.05) is 0 Å². The smallest absolute Gasteiger partial charge is 0.330 e. The van der Waals surface area contributed by atoms with Gasteiger partial charge in [0.25, 0.3) is 5.56 Å². The summed E-state index contributed by atoms with van der Waals surface area (Å²) in [5, 5.41) is 9.90. The molecule has 0 amide bonds. The van der Waals surface area contributed by atoms with Gasteiger partial charge in [0.05, 0.1) is 6.10 Å². The van der Waals surface area contributed by atoms with E-state index in [2.05, 4.69) is 4.98 Å². The zero-order valence-corrected chi connectivity index (χ0v) is 12.0. The summed E-state index contributed by atoms with van der Waals surface area (Å²) in [6.07, 6.45) is 3.61. The zero-order chi connectivity index (χ0) is 16.6. The van der Waals surface area contributed by atoms with Gasteiger partial charge in [-0.3, -0.25) is 4.79 Å². The molecule has 0 bridgehead atoms. The van der Waals surface area contributed by atoms with Crippen LogP contribution in [0, 0.1) is 6.42 Å². The highest BCUT2D eigenvalue weighted by atomic mass is 19.3. The van der Waals surface area contributed by atoms with Crippen LogP contribution in [0.1, 0.15) is 19.1 Å². The predicted molar refractivity (Wildman–Crippen MR) is 76.9 cm³/mol. The molecule has 3 atom stereocenters. The molecule has 1 aliphatic carbocycles. The molecule has 2 heterocycles. The largest absolute Gasteiger partial charge is 0.384 e. The average molecular weight is 325 g/mol. The van der Waals surface area contributed by atoms with Gasteiger partial charge >= 0.3 is 11.6 Å². The number of nitrogens with zero attached hydrogens (tertiary/aromatic N) is 1. The molecule has 1 aromatic rings. The first-order valence-corrected chi connectivity index (χ1v) is 7.11. The Balaban J connectivity index is 1.91. The second-order valence-electron chi connectivity index (χ2n) is 5.45. The van der Waals surface area contributed by atoms with Crippen LogP contribution in [-0.4, -0.2) is 32.8 Å². The average Bonchev–Trinajstić information content (AvgIpc) is 2.72. The van der Waals surface area contributed by atoms with E-state index in [0.29, 0.717) is 11.0 Å². The van der Waals surface area contributed by atoms with Crippen molar-refractivity contribution in [2.45, 2.75) is 37.2 Å². The van der Waals surface area contributed by atoms with Crippen LogP contribution in [0.4, 0.5) is 8.78 Å². The molecular formula is C15H15F2N2O4. The van der Waals surface area contributed by atoms with Crippen molar-refractivity contribution in [3.8, 4) is 0 Å². The molecule has 3 rings (SSSR count). The van der Waals surface area contributed by atoms with Crippen molar-refractivity contribution in [1.29, 1.82) is 0 Å². The minimum atomic E-state index is -3.76. The second-order valence-corrected chi connectivity index (χ2v) is 5.45. The first kappa shape index (κ1) is 15.8. The van der Waals surface area contributed by atoms with Crippen LogP contribution in [0.25, 0.3) is 0 Å². The highest BCUT2D eigenvalue weighted by Gasteiger charge is 2.60. The number of H-pyrrole nitrogens is 1. The summed E-state index contributed by atoms with van der Waals surface area (Å²) in [6, 6.07) is 0.947. The van der Waals surface area contributed by atoms with Gasteiger partial charge in [0.2, 0.25) is 6.23 Å². The van der Waals surface area contributed by atoms with E-state index in [1.54, 1.807) is 12.2 Å². The van der Waals surface area contributed by atoms with Gasteiger partial charge in [-0.1, -0.05) is 23.8 Å². The molecule has 1 aromatic heterocycles. The molecule has 0 unspecified atom stereocenters. The number of nitrogens with one attached hydrogen (secondary N) is 1. The molecule has 23 heavy (non-hydrogen) atoms. The maximum absolute atomic E-state index is 14.3. The number of allylic oxidation sites excluding steroid dienone is 3. The number of aliphatic hydroxyl groups is 1. The Hall–Kier alpha value is -2.06. The Morgan fingerprint density at radius 2 is 2.22 bits per heavy atom. The third kappa shape index (κ3) is 2.79. The minimum Gasteiger partial charge on any atom is -0.384 e. The summed E-state index contributed by atoms with van der Waals surface area (Å²) >= 11 is 0. The normalized spacial score (nSPS) is 29.5. The molecule has 2 aliphatic rings. The van der Waals surface area contributed by atoms with Gasteiger partial charge in [0, 0.05) is 12.3 Å². The van der Waals surface area contributed by atoms with Crippen LogP contribution < -0.4 is 11.2 Å². The third-order valence-electron chi connectivity index (χ3n) is 3.90. The van der Waals surface area contributed by atoms with Crippen LogP contribution in [-0.2, 0) is 4.74 Å². The highest BCUT2D eigenvalue weighted by Crippen LogP contribution is 2.43. The summed E-state index contributed by atoms with van der Waals surface area (Å²) in [5.74, 6) is -3.76. The Bertz CT molecular complexity index is 737. The minimum absolute atomic E-state index is 0.0666. The molecule has 1 fully saturated rings. The summed E-state index contributed by atoms with van der Waals surface area (Å²) in [6.45, 7) is 0. The monoisotopic (exact) mass is 325 g/mol. The van der Waals surface area contributed by atoms with E-state index >= 15 is 0 Å². The van der Waals surface area contributed by atoms with E-state index in [1.165, 1.54) is 0 Å². The number of hydrogen-bond donors (Lipinski definition) is 2. The molecule has 0 aromatic carbocycles. The van der Waals surface area contributed by atoms with Gasteiger partial charge in [-0.25, -0.2) is 9.36 Å². The Morgan fingerprint density at radius 1 is 1.43 bits per heavy atom. The first-order valence-electron chi connectivity index (χ1n) is 7.11. The number of alkyl halides is 2. The number of aliphatic hydroxyl groups excluding tert-OH is 1. The van der Waals surface area contributed by atoms with Gasteiger partial charge in [0.15, 0.2) is 0 Å². The van der Waals surface area contributed by atoms with Gasteiger partial charge < -0.3 is 14.8 Å². The van der Waals surface area contributed by atoms with Gasteiger partial charge in [0.1, 0.15) is 6.10 Å². The predicted octanol–water partition coefficient (Wildman–Crippen LogP) is 0.911. The van der Waals surface area contributed by atoms with Crippen LogP contribution in [0.5, 0.6) is 0 Å².